The molecule has 4 nitrogen and oxygen atoms in total. The van der Waals surface area contributed by atoms with Crippen molar-refractivity contribution in [2.45, 2.75) is 52.4 Å². The summed E-state index contributed by atoms with van der Waals surface area (Å²) in [7, 11) is 0. The molecule has 122 valence electrons. The first kappa shape index (κ1) is 18.2. The van der Waals surface area contributed by atoms with Crippen LogP contribution in [0.3, 0.4) is 0 Å². The van der Waals surface area contributed by atoms with Crippen LogP contribution in [0.4, 0.5) is 0 Å². The molecule has 0 amide bonds. The second-order valence-corrected chi connectivity index (χ2v) is 5.16. The van der Waals surface area contributed by atoms with Gasteiger partial charge in [-0.2, -0.15) is 0 Å². The summed E-state index contributed by atoms with van der Waals surface area (Å²) in [6, 6.07) is 7.38. The number of ether oxygens (including phenoxy) is 2. The molecule has 0 aromatic heterocycles. The first-order valence-corrected chi connectivity index (χ1v) is 8.05. The third-order valence-corrected chi connectivity index (χ3v) is 3.52. The second kappa shape index (κ2) is 9.98. The van der Waals surface area contributed by atoms with Crippen LogP contribution in [0, 0.1) is 0 Å². The van der Waals surface area contributed by atoms with Crippen molar-refractivity contribution >= 4 is 11.9 Å². The first-order valence-electron chi connectivity index (χ1n) is 8.05. The van der Waals surface area contributed by atoms with Gasteiger partial charge in [0, 0.05) is 0 Å². The van der Waals surface area contributed by atoms with Gasteiger partial charge in [-0.1, -0.05) is 38.0 Å². The van der Waals surface area contributed by atoms with Crippen molar-refractivity contribution in [1.29, 1.82) is 0 Å². The molecule has 1 rings (SSSR count). The molecule has 0 spiro atoms. The summed E-state index contributed by atoms with van der Waals surface area (Å²) in [5.74, 6) is -0.565. The van der Waals surface area contributed by atoms with Gasteiger partial charge in [0.1, 0.15) is 0 Å². The summed E-state index contributed by atoms with van der Waals surface area (Å²) in [4.78, 5) is 24.0. The van der Waals surface area contributed by atoms with Gasteiger partial charge in [0.05, 0.1) is 25.2 Å². The number of carbonyl (C=O) groups is 2. The number of rotatable bonds is 9. The number of hydrogen-bond acceptors (Lipinski definition) is 4. The fourth-order valence-corrected chi connectivity index (χ4v) is 2.49. The van der Waals surface area contributed by atoms with E-state index < -0.39 is 0 Å². The van der Waals surface area contributed by atoms with E-state index in [1.54, 1.807) is 19.9 Å². The number of unbranched alkanes of at least 4 members (excludes halogenated alkanes) is 1. The summed E-state index contributed by atoms with van der Waals surface area (Å²) in [5, 5.41) is 0. The van der Waals surface area contributed by atoms with E-state index in [1.807, 2.05) is 18.2 Å². The maximum Gasteiger partial charge on any atom is 0.338 e. The lowest BCUT2D eigenvalue weighted by molar-refractivity contribution is -0.143. The molecule has 0 bridgehead atoms. The van der Waals surface area contributed by atoms with Gasteiger partial charge in [-0.15, -0.1) is 0 Å². The Balaban J connectivity index is 3.02. The molecule has 1 aromatic carbocycles. The van der Waals surface area contributed by atoms with E-state index in [-0.39, 0.29) is 17.9 Å². The highest BCUT2D eigenvalue weighted by Crippen LogP contribution is 2.29. The Hall–Kier alpha value is -1.84. The van der Waals surface area contributed by atoms with Crippen LogP contribution in [0.25, 0.3) is 0 Å². The lowest BCUT2D eigenvalue weighted by Gasteiger charge is -2.19. The van der Waals surface area contributed by atoms with Gasteiger partial charge < -0.3 is 9.47 Å². The molecule has 22 heavy (non-hydrogen) atoms. The molecule has 0 saturated heterocycles. The molecule has 0 aliphatic rings. The zero-order valence-electron chi connectivity index (χ0n) is 13.8. The predicted octanol–water partition coefficient (Wildman–Crippen LogP) is 4.09. The van der Waals surface area contributed by atoms with Crippen molar-refractivity contribution in [3.05, 3.63) is 35.4 Å². The highest BCUT2D eigenvalue weighted by Gasteiger charge is 2.22. The number of esters is 2. The van der Waals surface area contributed by atoms with Crippen LogP contribution >= 0.6 is 0 Å². The molecule has 0 fully saturated rings. The van der Waals surface area contributed by atoms with Gasteiger partial charge in [0.15, 0.2) is 0 Å². The zero-order valence-corrected chi connectivity index (χ0v) is 13.8. The Morgan fingerprint density at radius 2 is 1.73 bits per heavy atom. The highest BCUT2D eigenvalue weighted by atomic mass is 16.5. The molecule has 0 N–H and O–H groups in total. The van der Waals surface area contributed by atoms with Crippen molar-refractivity contribution < 1.29 is 19.1 Å². The lowest BCUT2D eigenvalue weighted by Crippen LogP contribution is -2.15. The van der Waals surface area contributed by atoms with Crippen molar-refractivity contribution in [1.82, 2.24) is 0 Å². The van der Waals surface area contributed by atoms with E-state index in [9.17, 15) is 9.59 Å². The summed E-state index contributed by atoms with van der Waals surface area (Å²) < 4.78 is 10.2. The third kappa shape index (κ3) is 5.51. The van der Waals surface area contributed by atoms with E-state index in [0.29, 0.717) is 25.2 Å². The summed E-state index contributed by atoms with van der Waals surface area (Å²) in [6.45, 7) is 6.40. The number of benzene rings is 1. The molecule has 1 aromatic rings. The van der Waals surface area contributed by atoms with E-state index in [2.05, 4.69) is 6.92 Å². The Bertz CT molecular complexity index is 482. The SMILES string of the molecule is CCCCC(CC(=O)OCC)c1ccccc1C(=O)OCC. The largest absolute Gasteiger partial charge is 0.466 e. The first-order chi connectivity index (χ1) is 10.6. The van der Waals surface area contributed by atoms with Crippen molar-refractivity contribution in [2.75, 3.05) is 13.2 Å². The third-order valence-electron chi connectivity index (χ3n) is 3.52. The average Bonchev–Trinajstić information content (AvgIpc) is 2.52. The maximum absolute atomic E-state index is 12.1. The second-order valence-electron chi connectivity index (χ2n) is 5.16. The standard InChI is InChI=1S/C18H26O4/c1-4-7-10-14(13-17(19)21-5-2)15-11-8-9-12-16(15)18(20)22-6-3/h8-9,11-12,14H,4-7,10,13H2,1-3H3. The minimum Gasteiger partial charge on any atom is -0.466 e. The number of carbonyl (C=O) groups excluding carboxylic acids is 2. The predicted molar refractivity (Wildman–Crippen MR) is 85.9 cm³/mol. The van der Waals surface area contributed by atoms with Gasteiger partial charge in [0.2, 0.25) is 0 Å². The molecule has 0 aliphatic carbocycles. The van der Waals surface area contributed by atoms with Crippen LogP contribution in [0.5, 0.6) is 0 Å². The minimum absolute atomic E-state index is 0.0143. The fraction of sp³-hybridized carbons (Fsp3) is 0.556. The molecule has 1 atom stereocenters. The molecular formula is C18H26O4. The Kier molecular flexibility index (Phi) is 8.26. The summed E-state index contributed by atoms with van der Waals surface area (Å²) in [5.41, 5.74) is 1.43. The van der Waals surface area contributed by atoms with Gasteiger partial charge in [-0.25, -0.2) is 4.79 Å². The Morgan fingerprint density at radius 3 is 2.36 bits per heavy atom. The van der Waals surface area contributed by atoms with E-state index in [4.69, 9.17) is 9.47 Å². The van der Waals surface area contributed by atoms with Gasteiger partial charge in [0.25, 0.3) is 0 Å². The lowest BCUT2D eigenvalue weighted by atomic mass is 9.87. The van der Waals surface area contributed by atoms with Crippen LogP contribution in [-0.2, 0) is 14.3 Å². The van der Waals surface area contributed by atoms with Crippen molar-refractivity contribution in [2.24, 2.45) is 0 Å². The molecule has 4 heteroatoms. The monoisotopic (exact) mass is 306 g/mol. The normalized spacial score (nSPS) is 11.8. The number of hydrogen-bond donors (Lipinski definition) is 0. The molecule has 0 radical (unpaired) electrons. The quantitative estimate of drug-likeness (QED) is 0.645. The van der Waals surface area contributed by atoms with Crippen LogP contribution in [0.1, 0.15) is 68.3 Å². The van der Waals surface area contributed by atoms with E-state index in [1.165, 1.54) is 0 Å². The highest BCUT2D eigenvalue weighted by molar-refractivity contribution is 5.91. The Morgan fingerprint density at radius 1 is 1.05 bits per heavy atom. The van der Waals surface area contributed by atoms with Crippen LogP contribution in [-0.4, -0.2) is 25.2 Å². The molecule has 1 unspecified atom stereocenters. The van der Waals surface area contributed by atoms with Gasteiger partial charge in [-0.05, 0) is 37.8 Å². The van der Waals surface area contributed by atoms with E-state index >= 15 is 0 Å². The topological polar surface area (TPSA) is 52.6 Å². The van der Waals surface area contributed by atoms with Crippen LogP contribution < -0.4 is 0 Å². The minimum atomic E-state index is -0.330. The average molecular weight is 306 g/mol. The smallest absolute Gasteiger partial charge is 0.338 e. The summed E-state index contributed by atoms with van der Waals surface area (Å²) in [6.07, 6.45) is 3.19. The van der Waals surface area contributed by atoms with Crippen LogP contribution in [0.2, 0.25) is 0 Å². The molecule has 0 saturated carbocycles. The molecule has 0 aliphatic heterocycles. The fourth-order valence-electron chi connectivity index (χ4n) is 2.49. The molecule has 0 heterocycles. The zero-order chi connectivity index (χ0) is 16.4. The maximum atomic E-state index is 12.1. The van der Waals surface area contributed by atoms with Gasteiger partial charge in [-0.3, -0.25) is 4.79 Å². The van der Waals surface area contributed by atoms with Crippen molar-refractivity contribution in [3.63, 3.8) is 0 Å². The summed E-state index contributed by atoms with van der Waals surface area (Å²) >= 11 is 0. The molecular weight excluding hydrogens is 280 g/mol. The van der Waals surface area contributed by atoms with E-state index in [0.717, 1.165) is 24.8 Å². The van der Waals surface area contributed by atoms with Crippen molar-refractivity contribution in [3.8, 4) is 0 Å². The Labute approximate surface area is 132 Å². The van der Waals surface area contributed by atoms with Crippen LogP contribution in [0.15, 0.2) is 24.3 Å². The van der Waals surface area contributed by atoms with Gasteiger partial charge >= 0.3 is 11.9 Å².